The molecule has 1 fully saturated rings. The van der Waals surface area contributed by atoms with Crippen molar-refractivity contribution in [2.24, 2.45) is 0 Å². The van der Waals surface area contributed by atoms with E-state index in [0.717, 1.165) is 19.0 Å². The van der Waals surface area contributed by atoms with E-state index >= 15 is 0 Å². The lowest BCUT2D eigenvalue weighted by atomic mass is 9.97. The fraction of sp³-hybridized carbons (Fsp3) is 0.533. The zero-order chi connectivity index (χ0) is 17.3. The van der Waals surface area contributed by atoms with Crippen molar-refractivity contribution in [3.8, 4) is 0 Å². The number of nitrogens with one attached hydrogen (secondary N) is 1. The molecule has 24 heavy (non-hydrogen) atoms. The van der Waals surface area contributed by atoms with Gasteiger partial charge in [0.2, 0.25) is 0 Å². The van der Waals surface area contributed by atoms with Crippen molar-refractivity contribution >= 4 is 5.82 Å². The van der Waals surface area contributed by atoms with E-state index in [1.54, 1.807) is 17.0 Å². The van der Waals surface area contributed by atoms with Crippen molar-refractivity contribution in [2.75, 3.05) is 18.0 Å². The zero-order valence-electron chi connectivity index (χ0n) is 13.2. The van der Waals surface area contributed by atoms with Crippen molar-refractivity contribution in [3.63, 3.8) is 0 Å². The zero-order valence-corrected chi connectivity index (χ0v) is 13.2. The third-order valence-electron chi connectivity index (χ3n) is 4.24. The van der Waals surface area contributed by atoms with Crippen molar-refractivity contribution in [1.82, 2.24) is 19.5 Å². The van der Waals surface area contributed by atoms with Gasteiger partial charge in [0.25, 0.3) is 5.56 Å². The summed E-state index contributed by atoms with van der Waals surface area (Å²) < 4.78 is 39.7. The summed E-state index contributed by atoms with van der Waals surface area (Å²) in [6, 6.07) is 0. The third kappa shape index (κ3) is 3.15. The van der Waals surface area contributed by atoms with E-state index in [-0.39, 0.29) is 11.5 Å². The van der Waals surface area contributed by atoms with Crippen LogP contribution >= 0.6 is 0 Å². The summed E-state index contributed by atoms with van der Waals surface area (Å²) >= 11 is 0. The number of anilines is 1. The first kappa shape index (κ1) is 16.5. The average molecular weight is 341 g/mol. The second-order valence-electron chi connectivity index (χ2n) is 5.81. The number of piperidine rings is 1. The first-order valence-electron chi connectivity index (χ1n) is 7.82. The lowest BCUT2D eigenvalue weighted by Crippen LogP contribution is -2.40. The Bertz CT molecular complexity index is 767. The molecule has 0 saturated carbocycles. The molecule has 0 bridgehead atoms. The molecule has 6 nitrogen and oxygen atoms in total. The molecule has 1 aliphatic heterocycles. The second-order valence-corrected chi connectivity index (χ2v) is 5.81. The van der Waals surface area contributed by atoms with Gasteiger partial charge in [0.15, 0.2) is 5.82 Å². The smallest absolute Gasteiger partial charge is 0.351 e. The van der Waals surface area contributed by atoms with Gasteiger partial charge in [-0.3, -0.25) is 4.79 Å². The molecule has 0 aliphatic carbocycles. The average Bonchev–Trinajstić information content (AvgIpc) is 3.05. The van der Waals surface area contributed by atoms with Crippen LogP contribution < -0.4 is 10.5 Å². The van der Waals surface area contributed by atoms with Crippen LogP contribution in [0, 0.1) is 0 Å². The number of hydrogen-bond donors (Lipinski definition) is 1. The number of imidazole rings is 1. The molecular weight excluding hydrogens is 323 g/mol. The van der Waals surface area contributed by atoms with Crippen LogP contribution in [0.5, 0.6) is 0 Å². The minimum Gasteiger partial charge on any atom is -0.351 e. The Morgan fingerprint density at radius 3 is 2.83 bits per heavy atom. The molecule has 2 aromatic heterocycles. The molecule has 3 heterocycles. The standard InChI is InChI=1S/C15H18F3N5O/c1-2-22-7-5-19-13(14(22)24)23-6-3-4-10(9-23)12-20-8-11(21-12)15(16,17)18/h5,7-8,10H,2-4,6,9H2,1H3,(H,20,21)/t10-/m0/s1. The van der Waals surface area contributed by atoms with Crippen LogP contribution in [0.1, 0.15) is 37.2 Å². The molecule has 130 valence electrons. The molecule has 0 aromatic carbocycles. The van der Waals surface area contributed by atoms with Crippen LogP contribution in [-0.4, -0.2) is 32.6 Å². The van der Waals surface area contributed by atoms with E-state index in [4.69, 9.17) is 0 Å². The number of alkyl halides is 3. The Kier molecular flexibility index (Phi) is 4.33. The van der Waals surface area contributed by atoms with Crippen LogP contribution in [0.4, 0.5) is 19.0 Å². The van der Waals surface area contributed by atoms with Gasteiger partial charge in [-0.1, -0.05) is 0 Å². The number of rotatable bonds is 3. The van der Waals surface area contributed by atoms with Gasteiger partial charge in [-0.15, -0.1) is 0 Å². The summed E-state index contributed by atoms with van der Waals surface area (Å²) in [6.45, 7) is 3.48. The maximum absolute atomic E-state index is 12.7. The van der Waals surface area contributed by atoms with Gasteiger partial charge in [-0.2, -0.15) is 13.2 Å². The predicted octanol–water partition coefficient (Wildman–Crippen LogP) is 2.39. The molecule has 1 N–H and O–H groups in total. The topological polar surface area (TPSA) is 66.8 Å². The summed E-state index contributed by atoms with van der Waals surface area (Å²) in [5, 5.41) is 0. The van der Waals surface area contributed by atoms with Crippen LogP contribution in [0.3, 0.4) is 0 Å². The number of aryl methyl sites for hydroxylation is 1. The second kappa shape index (κ2) is 6.29. The van der Waals surface area contributed by atoms with Gasteiger partial charge in [0, 0.05) is 37.9 Å². The Hall–Kier alpha value is -2.32. The highest BCUT2D eigenvalue weighted by molar-refractivity contribution is 5.37. The Balaban J connectivity index is 1.82. The number of aromatic amines is 1. The predicted molar refractivity (Wildman–Crippen MR) is 81.9 cm³/mol. The molecule has 2 aromatic rings. The number of hydrogen-bond acceptors (Lipinski definition) is 4. The number of H-pyrrole nitrogens is 1. The quantitative estimate of drug-likeness (QED) is 0.931. The fourth-order valence-electron chi connectivity index (χ4n) is 2.98. The van der Waals surface area contributed by atoms with E-state index < -0.39 is 11.9 Å². The molecule has 3 rings (SSSR count). The third-order valence-corrected chi connectivity index (χ3v) is 4.24. The van der Waals surface area contributed by atoms with Gasteiger partial charge in [-0.25, -0.2) is 9.97 Å². The van der Waals surface area contributed by atoms with Gasteiger partial charge in [0.05, 0.1) is 6.20 Å². The summed E-state index contributed by atoms with van der Waals surface area (Å²) in [4.78, 5) is 24.6. The Morgan fingerprint density at radius 2 is 2.17 bits per heavy atom. The SMILES string of the molecule is CCn1ccnc(N2CCC[C@H](c3ncc(C(F)(F)F)[nH]3)C2)c1=O. The highest BCUT2D eigenvalue weighted by Crippen LogP contribution is 2.31. The van der Waals surface area contributed by atoms with Crippen LogP contribution in [0.25, 0.3) is 0 Å². The van der Waals surface area contributed by atoms with Crippen molar-refractivity contribution in [3.05, 3.63) is 40.5 Å². The van der Waals surface area contributed by atoms with Gasteiger partial charge < -0.3 is 14.5 Å². The van der Waals surface area contributed by atoms with Crippen LogP contribution in [0.15, 0.2) is 23.4 Å². The largest absolute Gasteiger partial charge is 0.432 e. The summed E-state index contributed by atoms with van der Waals surface area (Å²) in [5.74, 6) is 0.455. The monoisotopic (exact) mass is 341 g/mol. The summed E-state index contributed by atoms with van der Waals surface area (Å²) in [5.41, 5.74) is -1.03. The first-order chi connectivity index (χ1) is 11.4. The van der Waals surface area contributed by atoms with Crippen molar-refractivity contribution in [2.45, 2.75) is 38.4 Å². The summed E-state index contributed by atoms with van der Waals surface area (Å²) in [7, 11) is 0. The minimum absolute atomic E-state index is 0.184. The molecule has 1 aliphatic rings. The van der Waals surface area contributed by atoms with Crippen molar-refractivity contribution < 1.29 is 13.2 Å². The maximum Gasteiger partial charge on any atom is 0.432 e. The van der Waals surface area contributed by atoms with Crippen molar-refractivity contribution in [1.29, 1.82) is 0 Å². The number of nitrogens with zero attached hydrogens (tertiary/aromatic N) is 4. The van der Waals surface area contributed by atoms with E-state index in [0.29, 0.717) is 31.3 Å². The van der Waals surface area contributed by atoms with Gasteiger partial charge in [0.1, 0.15) is 11.5 Å². The summed E-state index contributed by atoms with van der Waals surface area (Å²) in [6.07, 6.45) is 1.05. The molecule has 9 heteroatoms. The molecular formula is C15H18F3N5O. The van der Waals surface area contributed by atoms with E-state index in [9.17, 15) is 18.0 Å². The lowest BCUT2D eigenvalue weighted by molar-refractivity contribution is -0.141. The number of halogens is 3. The highest BCUT2D eigenvalue weighted by atomic mass is 19.4. The Labute approximate surface area is 136 Å². The minimum atomic E-state index is -4.44. The van der Waals surface area contributed by atoms with Gasteiger partial charge in [-0.05, 0) is 19.8 Å². The number of aromatic nitrogens is 4. The molecule has 0 radical (unpaired) electrons. The molecule has 1 atom stereocenters. The molecule has 0 unspecified atom stereocenters. The Morgan fingerprint density at radius 1 is 1.38 bits per heavy atom. The molecule has 1 saturated heterocycles. The maximum atomic E-state index is 12.7. The van der Waals surface area contributed by atoms with E-state index in [1.807, 2.05) is 11.8 Å². The fourth-order valence-corrected chi connectivity index (χ4v) is 2.98. The lowest BCUT2D eigenvalue weighted by Gasteiger charge is -2.32. The van der Waals surface area contributed by atoms with Crippen LogP contribution in [-0.2, 0) is 12.7 Å². The van der Waals surface area contributed by atoms with E-state index in [2.05, 4.69) is 15.0 Å². The van der Waals surface area contributed by atoms with E-state index in [1.165, 1.54) is 0 Å². The first-order valence-corrected chi connectivity index (χ1v) is 7.82. The molecule has 0 spiro atoms. The highest BCUT2D eigenvalue weighted by Gasteiger charge is 2.34. The van der Waals surface area contributed by atoms with Crippen LogP contribution in [0.2, 0.25) is 0 Å². The normalized spacial score (nSPS) is 18.8. The van der Waals surface area contributed by atoms with Gasteiger partial charge >= 0.3 is 6.18 Å². The molecule has 0 amide bonds.